The number of ether oxygens (including phenoxy) is 1. The molecule has 0 aliphatic rings. The Bertz CT molecular complexity index is 557. The minimum atomic E-state index is -0.503. The Balaban J connectivity index is 2.84. The van der Waals surface area contributed by atoms with Crippen molar-refractivity contribution >= 4 is 17.6 Å². The number of amides is 1. The first-order valence-corrected chi connectivity index (χ1v) is 6.95. The van der Waals surface area contributed by atoms with Crippen LogP contribution >= 0.6 is 0 Å². The van der Waals surface area contributed by atoms with Crippen molar-refractivity contribution in [1.29, 1.82) is 0 Å². The van der Waals surface area contributed by atoms with E-state index in [0.717, 1.165) is 0 Å². The molecule has 0 bridgehead atoms. The first-order valence-electron chi connectivity index (χ1n) is 6.95. The van der Waals surface area contributed by atoms with Crippen LogP contribution in [0.15, 0.2) is 24.3 Å². The Labute approximate surface area is 129 Å². The average Bonchev–Trinajstić information content (AvgIpc) is 2.47. The highest BCUT2D eigenvalue weighted by atomic mass is 16.6. The van der Waals surface area contributed by atoms with Crippen LogP contribution in [0.2, 0.25) is 0 Å². The van der Waals surface area contributed by atoms with Crippen LogP contribution < -0.4 is 0 Å². The van der Waals surface area contributed by atoms with E-state index in [1.165, 1.54) is 18.1 Å². The Morgan fingerprint density at radius 2 is 1.95 bits per heavy atom. The molecule has 0 aliphatic heterocycles. The molecule has 0 radical (unpaired) electrons. The maximum atomic E-state index is 12.4. The van der Waals surface area contributed by atoms with Crippen molar-refractivity contribution in [3.05, 3.63) is 39.9 Å². The van der Waals surface area contributed by atoms with Crippen LogP contribution in [0.4, 0.5) is 5.69 Å². The zero-order valence-electron chi connectivity index (χ0n) is 12.9. The summed E-state index contributed by atoms with van der Waals surface area (Å²) < 4.78 is 4.56. The van der Waals surface area contributed by atoms with Crippen LogP contribution in [-0.4, -0.2) is 41.4 Å². The fourth-order valence-corrected chi connectivity index (χ4v) is 2.09. The van der Waals surface area contributed by atoms with Gasteiger partial charge in [0.05, 0.1) is 24.9 Å². The summed E-state index contributed by atoms with van der Waals surface area (Å²) in [5.74, 6) is -0.655. The van der Waals surface area contributed by atoms with Gasteiger partial charge in [0.15, 0.2) is 0 Å². The van der Waals surface area contributed by atoms with E-state index in [9.17, 15) is 19.7 Å². The lowest BCUT2D eigenvalue weighted by atomic mass is 10.1. The monoisotopic (exact) mass is 308 g/mol. The number of nitrogens with zero attached hydrogens (tertiary/aromatic N) is 2. The predicted octanol–water partition coefficient (Wildman–Crippen LogP) is 1.94. The first kappa shape index (κ1) is 17.6. The number of esters is 1. The number of methoxy groups -OCH3 is 1. The zero-order valence-corrected chi connectivity index (χ0v) is 12.9. The molecule has 0 spiro atoms. The molecule has 0 aliphatic carbocycles. The summed E-state index contributed by atoms with van der Waals surface area (Å²) in [7, 11) is 1.29. The maximum Gasteiger partial charge on any atom is 0.307 e. The molecule has 0 fully saturated rings. The number of nitro groups is 1. The van der Waals surface area contributed by atoms with Crippen molar-refractivity contribution in [1.82, 2.24) is 4.90 Å². The molecule has 0 saturated heterocycles. The molecule has 1 aromatic rings. The first-order chi connectivity index (χ1) is 10.4. The van der Waals surface area contributed by atoms with Crippen LogP contribution in [0, 0.1) is 10.1 Å². The fourth-order valence-electron chi connectivity index (χ4n) is 2.09. The van der Waals surface area contributed by atoms with E-state index < -0.39 is 10.9 Å². The quantitative estimate of drug-likeness (QED) is 0.436. The smallest absolute Gasteiger partial charge is 0.307 e. The molecule has 0 aromatic heterocycles. The number of para-hydroxylation sites is 1. The minimum Gasteiger partial charge on any atom is -0.469 e. The highest BCUT2D eigenvalue weighted by molar-refractivity contribution is 5.81. The molecule has 22 heavy (non-hydrogen) atoms. The Hall–Kier alpha value is -2.44. The predicted molar refractivity (Wildman–Crippen MR) is 80.3 cm³/mol. The summed E-state index contributed by atoms with van der Waals surface area (Å²) in [4.78, 5) is 35.6. The van der Waals surface area contributed by atoms with Crippen LogP contribution in [-0.2, 0) is 20.7 Å². The van der Waals surface area contributed by atoms with Crippen molar-refractivity contribution in [2.45, 2.75) is 32.7 Å². The van der Waals surface area contributed by atoms with Gasteiger partial charge < -0.3 is 9.64 Å². The Morgan fingerprint density at radius 1 is 1.32 bits per heavy atom. The summed E-state index contributed by atoms with van der Waals surface area (Å²) in [5, 5.41) is 11.0. The lowest BCUT2D eigenvalue weighted by Gasteiger charge is -2.26. The summed E-state index contributed by atoms with van der Waals surface area (Å²) in [6, 6.07) is 6.04. The van der Waals surface area contributed by atoms with E-state index in [-0.39, 0.29) is 37.0 Å². The van der Waals surface area contributed by atoms with Crippen molar-refractivity contribution in [3.8, 4) is 0 Å². The van der Waals surface area contributed by atoms with Gasteiger partial charge in [0.1, 0.15) is 0 Å². The number of hydrogen-bond donors (Lipinski definition) is 0. The van der Waals surface area contributed by atoms with E-state index in [1.54, 1.807) is 18.2 Å². The second-order valence-electron chi connectivity index (χ2n) is 5.07. The number of nitro benzene ring substituents is 1. The molecular weight excluding hydrogens is 288 g/mol. The molecule has 7 heteroatoms. The van der Waals surface area contributed by atoms with Crippen molar-refractivity contribution in [3.63, 3.8) is 0 Å². The molecule has 120 valence electrons. The van der Waals surface area contributed by atoms with Gasteiger partial charge in [-0.25, -0.2) is 0 Å². The average molecular weight is 308 g/mol. The molecular formula is C15H20N2O5. The van der Waals surface area contributed by atoms with E-state index in [1.807, 2.05) is 13.8 Å². The summed E-state index contributed by atoms with van der Waals surface area (Å²) in [6.07, 6.45) is 0.0216. The largest absolute Gasteiger partial charge is 0.469 e. The fraction of sp³-hybridized carbons (Fsp3) is 0.467. The van der Waals surface area contributed by atoms with E-state index >= 15 is 0 Å². The number of carbonyl (C=O) groups is 2. The van der Waals surface area contributed by atoms with E-state index in [0.29, 0.717) is 5.56 Å². The summed E-state index contributed by atoms with van der Waals surface area (Å²) in [6.45, 7) is 3.88. The summed E-state index contributed by atoms with van der Waals surface area (Å²) >= 11 is 0. The minimum absolute atomic E-state index is 0.0729. The SMILES string of the molecule is COC(=O)CCN(C(=O)Cc1ccccc1[N+](=O)[O-])C(C)C. The second-order valence-corrected chi connectivity index (χ2v) is 5.07. The van der Waals surface area contributed by atoms with Gasteiger partial charge in [0, 0.05) is 24.2 Å². The van der Waals surface area contributed by atoms with Gasteiger partial charge in [-0.1, -0.05) is 18.2 Å². The van der Waals surface area contributed by atoms with Crippen LogP contribution in [0.1, 0.15) is 25.8 Å². The summed E-state index contributed by atoms with van der Waals surface area (Å²) in [5.41, 5.74) is 0.286. The molecule has 7 nitrogen and oxygen atoms in total. The Kier molecular flexibility index (Phi) is 6.49. The molecule has 0 heterocycles. The standard InChI is InChI=1S/C15H20N2O5/c1-11(2)16(9-8-15(19)22-3)14(18)10-12-6-4-5-7-13(12)17(20)21/h4-7,11H,8-10H2,1-3H3. The zero-order chi connectivity index (χ0) is 16.7. The molecule has 0 saturated carbocycles. The van der Waals surface area contributed by atoms with Gasteiger partial charge in [-0.3, -0.25) is 19.7 Å². The van der Waals surface area contributed by atoms with Crippen LogP contribution in [0.3, 0.4) is 0 Å². The lowest BCUT2D eigenvalue weighted by Crippen LogP contribution is -2.39. The van der Waals surface area contributed by atoms with Gasteiger partial charge >= 0.3 is 5.97 Å². The van der Waals surface area contributed by atoms with Gasteiger partial charge in [-0.2, -0.15) is 0 Å². The highest BCUT2D eigenvalue weighted by Crippen LogP contribution is 2.19. The van der Waals surface area contributed by atoms with Gasteiger partial charge in [-0.05, 0) is 13.8 Å². The third-order valence-corrected chi connectivity index (χ3v) is 3.26. The van der Waals surface area contributed by atoms with Gasteiger partial charge in [0.2, 0.25) is 5.91 Å². The second kappa shape index (κ2) is 8.11. The molecule has 0 unspecified atom stereocenters. The Morgan fingerprint density at radius 3 is 2.50 bits per heavy atom. The molecule has 0 atom stereocenters. The van der Waals surface area contributed by atoms with Crippen LogP contribution in [0.25, 0.3) is 0 Å². The van der Waals surface area contributed by atoms with Crippen molar-refractivity contribution in [2.75, 3.05) is 13.7 Å². The topological polar surface area (TPSA) is 89.8 Å². The van der Waals surface area contributed by atoms with Gasteiger partial charge in [-0.15, -0.1) is 0 Å². The number of carbonyl (C=O) groups excluding carboxylic acids is 2. The number of rotatable bonds is 7. The normalized spacial score (nSPS) is 10.4. The molecule has 0 N–H and O–H groups in total. The molecule has 1 amide bonds. The number of benzene rings is 1. The molecule has 1 rings (SSSR count). The molecule has 1 aromatic carbocycles. The lowest BCUT2D eigenvalue weighted by molar-refractivity contribution is -0.385. The number of hydrogen-bond acceptors (Lipinski definition) is 5. The van der Waals surface area contributed by atoms with E-state index in [2.05, 4.69) is 4.74 Å². The van der Waals surface area contributed by atoms with Crippen molar-refractivity contribution in [2.24, 2.45) is 0 Å². The van der Waals surface area contributed by atoms with Crippen LogP contribution in [0.5, 0.6) is 0 Å². The third kappa shape index (κ3) is 4.83. The third-order valence-electron chi connectivity index (χ3n) is 3.26. The van der Waals surface area contributed by atoms with Crippen molar-refractivity contribution < 1.29 is 19.2 Å². The highest BCUT2D eigenvalue weighted by Gasteiger charge is 2.22. The van der Waals surface area contributed by atoms with Gasteiger partial charge in [0.25, 0.3) is 5.69 Å². The van der Waals surface area contributed by atoms with E-state index in [4.69, 9.17) is 0 Å². The maximum absolute atomic E-state index is 12.4.